The van der Waals surface area contributed by atoms with E-state index in [0.29, 0.717) is 34.0 Å². The lowest BCUT2D eigenvalue weighted by molar-refractivity contribution is -0.615. The maximum absolute atomic E-state index is 13.8. The molecule has 45 heavy (non-hydrogen) atoms. The number of amides is 1. The number of carbonyl (C=O) groups is 2. The van der Waals surface area contributed by atoms with Gasteiger partial charge < -0.3 is 15.2 Å². The highest BCUT2D eigenvalue weighted by Gasteiger charge is 2.47. The Morgan fingerprint density at radius 3 is 2.53 bits per heavy atom. The summed E-state index contributed by atoms with van der Waals surface area (Å²) in [6.45, 7) is 1.62. The third-order valence-electron chi connectivity index (χ3n) is 8.72. The summed E-state index contributed by atoms with van der Waals surface area (Å²) in [5.74, 6) is -0.707. The topological polar surface area (TPSA) is 146 Å². The van der Waals surface area contributed by atoms with Gasteiger partial charge >= 0.3 is 5.97 Å². The van der Waals surface area contributed by atoms with E-state index in [-0.39, 0.29) is 23.3 Å². The summed E-state index contributed by atoms with van der Waals surface area (Å²) < 4.78 is 4.13. The zero-order valence-electron chi connectivity index (χ0n) is 24.1. The van der Waals surface area contributed by atoms with Crippen LogP contribution in [0.1, 0.15) is 47.8 Å². The number of halogens is 1. The Morgan fingerprint density at radius 1 is 1.04 bits per heavy atom. The fourth-order valence-electron chi connectivity index (χ4n) is 6.22. The van der Waals surface area contributed by atoms with Crippen LogP contribution in [0.4, 0.5) is 0 Å². The first-order chi connectivity index (χ1) is 21.9. The van der Waals surface area contributed by atoms with Crippen molar-refractivity contribution in [1.82, 2.24) is 34.9 Å². The number of carboxylic acids is 1. The van der Waals surface area contributed by atoms with Crippen LogP contribution in [0.3, 0.4) is 0 Å². The summed E-state index contributed by atoms with van der Waals surface area (Å²) >= 11 is 6.34. The van der Waals surface area contributed by atoms with E-state index in [2.05, 4.69) is 20.6 Å². The minimum atomic E-state index is -0.994. The Bertz CT molecular complexity index is 1870. The Balaban J connectivity index is 1.22. The van der Waals surface area contributed by atoms with Gasteiger partial charge in [0.15, 0.2) is 6.20 Å². The quantitative estimate of drug-likeness (QED) is 0.187. The number of tetrazole rings is 1. The zero-order chi connectivity index (χ0) is 31.1. The molecule has 4 heterocycles. The monoisotopic (exact) mass is 624 g/mol. The average Bonchev–Trinajstić information content (AvgIpc) is 3.53. The van der Waals surface area contributed by atoms with Gasteiger partial charge in [0.25, 0.3) is 0 Å². The molecule has 1 saturated carbocycles. The number of hydrogen-bond acceptors (Lipinski definition) is 7. The number of aromatic nitrogens is 7. The molecular weight excluding hydrogens is 596 g/mol. The molecule has 3 aromatic heterocycles. The van der Waals surface area contributed by atoms with Crippen LogP contribution < -0.4 is 4.73 Å². The Morgan fingerprint density at radius 2 is 1.82 bits per heavy atom. The average molecular weight is 625 g/mol. The highest BCUT2D eigenvalue weighted by molar-refractivity contribution is 6.31. The number of nitrogens with zero attached hydrogens (tertiary/aromatic N) is 8. The maximum atomic E-state index is 13.8. The van der Waals surface area contributed by atoms with Crippen LogP contribution in [0.25, 0.3) is 27.9 Å². The normalized spacial score (nSPS) is 18.2. The molecule has 0 spiro atoms. The van der Waals surface area contributed by atoms with Crippen molar-refractivity contribution in [1.29, 1.82) is 0 Å². The van der Waals surface area contributed by atoms with Crippen LogP contribution >= 0.6 is 11.6 Å². The largest absolute Gasteiger partial charge is 0.618 e. The summed E-state index contributed by atoms with van der Waals surface area (Å²) in [4.78, 5) is 26.4. The number of likely N-dealkylation sites (tertiary alicyclic amines) is 1. The Labute approximate surface area is 263 Å². The second kappa shape index (κ2) is 11.8. The molecule has 2 aliphatic rings. The molecule has 1 amide bonds. The van der Waals surface area contributed by atoms with Crippen molar-refractivity contribution < 1.29 is 19.4 Å². The molecular formula is C32H29ClN8O4. The van der Waals surface area contributed by atoms with Crippen LogP contribution in [0.15, 0.2) is 79.5 Å². The van der Waals surface area contributed by atoms with Crippen molar-refractivity contribution in [2.45, 2.75) is 31.7 Å². The van der Waals surface area contributed by atoms with Gasteiger partial charge in [0, 0.05) is 53.0 Å². The number of benzene rings is 2. The molecule has 0 radical (unpaired) electrons. The lowest BCUT2D eigenvalue weighted by Gasteiger charge is -2.19. The molecule has 0 bridgehead atoms. The molecule has 228 valence electrons. The zero-order valence-corrected chi connectivity index (χ0v) is 24.9. The molecule has 1 aliphatic heterocycles. The lowest BCUT2D eigenvalue weighted by atomic mass is 10.0. The van der Waals surface area contributed by atoms with Crippen molar-refractivity contribution >= 4 is 23.5 Å². The molecule has 2 aromatic carbocycles. The second-order valence-corrected chi connectivity index (χ2v) is 12.0. The van der Waals surface area contributed by atoms with Crippen molar-refractivity contribution in [2.24, 2.45) is 11.8 Å². The standard InChI is InChI=1S/C32H29ClN8O4/c33-25-8-10-28(40-19-34-36-37-40)26(15-25)22-7-9-29(41(45)18-22)30(14-23-13-27(23)31(42)38-11-1-2-12-38)39-17-24(16-35-39)20-3-5-21(6-4-20)32(43)44/h3-10,15-19,23,27,30H,1-2,11-14H2,(H,43,44)/t23-,27+,30?/m1/s1. The van der Waals surface area contributed by atoms with Crippen LogP contribution in [0.2, 0.25) is 5.02 Å². The van der Waals surface area contributed by atoms with Gasteiger partial charge in [-0.05, 0) is 84.0 Å². The van der Waals surface area contributed by atoms with E-state index in [9.17, 15) is 19.9 Å². The molecule has 13 heteroatoms. The fraction of sp³-hybridized carbons (Fsp3) is 0.281. The van der Waals surface area contributed by atoms with E-state index in [4.69, 9.17) is 11.6 Å². The van der Waals surface area contributed by atoms with Gasteiger partial charge in [0.05, 0.1) is 17.4 Å². The summed E-state index contributed by atoms with van der Waals surface area (Å²) in [6, 6.07) is 15.1. The van der Waals surface area contributed by atoms with Gasteiger partial charge in [-0.25, -0.2) is 4.79 Å². The van der Waals surface area contributed by atoms with Gasteiger partial charge in [-0.1, -0.05) is 23.7 Å². The van der Waals surface area contributed by atoms with Crippen molar-refractivity contribution in [2.75, 3.05) is 13.1 Å². The summed E-state index contributed by atoms with van der Waals surface area (Å²) in [5.41, 5.74) is 4.26. The predicted molar refractivity (Wildman–Crippen MR) is 163 cm³/mol. The van der Waals surface area contributed by atoms with Crippen molar-refractivity contribution in [3.63, 3.8) is 0 Å². The van der Waals surface area contributed by atoms with E-state index < -0.39 is 12.0 Å². The van der Waals surface area contributed by atoms with E-state index >= 15 is 0 Å². The lowest BCUT2D eigenvalue weighted by Crippen LogP contribution is -2.36. The third-order valence-corrected chi connectivity index (χ3v) is 8.96. The minimum Gasteiger partial charge on any atom is -0.618 e. The fourth-order valence-corrected chi connectivity index (χ4v) is 6.39. The maximum Gasteiger partial charge on any atom is 0.335 e. The molecule has 5 aromatic rings. The SMILES string of the molecule is O=C(O)c1ccc(-c2cnn(C(C[C@H]3C[C@@H]3C(=O)N3CCCC3)c3ccc(-c4cc(Cl)ccc4-n4cnnn4)c[n+]3[O-])c2)cc1. The second-order valence-electron chi connectivity index (χ2n) is 11.6. The predicted octanol–water partition coefficient (Wildman–Crippen LogP) is 4.42. The molecule has 1 unspecified atom stereocenters. The van der Waals surface area contributed by atoms with Crippen LogP contribution in [0.5, 0.6) is 0 Å². The summed E-state index contributed by atoms with van der Waals surface area (Å²) in [6.07, 6.45) is 9.98. The van der Waals surface area contributed by atoms with Gasteiger partial charge in [-0.3, -0.25) is 9.48 Å². The molecule has 3 atom stereocenters. The van der Waals surface area contributed by atoms with Crippen LogP contribution in [-0.2, 0) is 4.79 Å². The summed E-state index contributed by atoms with van der Waals surface area (Å²) in [5, 5.41) is 39.7. The molecule has 12 nitrogen and oxygen atoms in total. The number of carbonyl (C=O) groups excluding carboxylic acids is 1. The first-order valence-corrected chi connectivity index (χ1v) is 15.2. The van der Waals surface area contributed by atoms with Gasteiger partial charge in [-0.2, -0.15) is 14.5 Å². The Hall–Kier alpha value is -5.10. The van der Waals surface area contributed by atoms with E-state index in [1.165, 1.54) is 17.2 Å². The first-order valence-electron chi connectivity index (χ1n) is 14.8. The number of hydrogen-bond donors (Lipinski definition) is 1. The smallest absolute Gasteiger partial charge is 0.335 e. The Kier molecular flexibility index (Phi) is 7.50. The molecule has 2 fully saturated rings. The van der Waals surface area contributed by atoms with E-state index in [0.717, 1.165) is 48.2 Å². The molecule has 1 N–H and O–H groups in total. The molecule has 1 aliphatic carbocycles. The van der Waals surface area contributed by atoms with Gasteiger partial charge in [0.1, 0.15) is 12.4 Å². The third kappa shape index (κ3) is 5.76. The van der Waals surface area contributed by atoms with Crippen LogP contribution in [-0.4, -0.2) is 65.0 Å². The summed E-state index contributed by atoms with van der Waals surface area (Å²) in [7, 11) is 0. The van der Waals surface area contributed by atoms with Gasteiger partial charge in [-0.15, -0.1) is 5.10 Å². The van der Waals surface area contributed by atoms with Crippen molar-refractivity contribution in [3.8, 4) is 27.9 Å². The molecule has 7 rings (SSSR count). The molecule has 1 saturated heterocycles. The van der Waals surface area contributed by atoms with Gasteiger partial charge in [0.2, 0.25) is 11.6 Å². The number of carboxylic acid groups (broad SMARTS) is 1. The highest BCUT2D eigenvalue weighted by atomic mass is 35.5. The first kappa shape index (κ1) is 28.7. The van der Waals surface area contributed by atoms with Crippen LogP contribution in [0, 0.1) is 17.0 Å². The van der Waals surface area contributed by atoms with Crippen molar-refractivity contribution in [3.05, 3.63) is 101 Å². The van der Waals surface area contributed by atoms with E-state index in [1.54, 1.807) is 59.4 Å². The number of aromatic carboxylic acids is 1. The van der Waals surface area contributed by atoms with E-state index in [1.807, 2.05) is 17.2 Å². The number of rotatable bonds is 9. The minimum absolute atomic E-state index is 0.0473. The number of pyridine rings is 1. The highest BCUT2D eigenvalue weighted by Crippen LogP contribution is 2.47.